The van der Waals surface area contributed by atoms with Crippen molar-refractivity contribution in [2.24, 2.45) is 0 Å². The van der Waals surface area contributed by atoms with Crippen molar-refractivity contribution >= 4 is 23.4 Å². The van der Waals surface area contributed by atoms with Gasteiger partial charge in [-0.05, 0) is 41.5 Å². The molecule has 2 heterocycles. The highest BCUT2D eigenvalue weighted by Crippen LogP contribution is 2.26. The van der Waals surface area contributed by atoms with Crippen molar-refractivity contribution in [2.75, 3.05) is 0 Å². The van der Waals surface area contributed by atoms with Gasteiger partial charge in [0.25, 0.3) is 0 Å². The lowest BCUT2D eigenvalue weighted by molar-refractivity contribution is 0.847. The standard InChI is InChI=1S/C21H17ClN4S/c22-18-8-10-19(11-9-18)26-20(13-16-5-2-1-3-6-16)24-25-21(26)27-15-17-7-4-12-23-14-17/h1-12,14H,13,15H2. The lowest BCUT2D eigenvalue weighted by atomic mass is 10.1. The highest BCUT2D eigenvalue weighted by molar-refractivity contribution is 7.98. The first-order valence-electron chi connectivity index (χ1n) is 8.55. The highest BCUT2D eigenvalue weighted by atomic mass is 35.5. The van der Waals surface area contributed by atoms with Crippen LogP contribution in [0.2, 0.25) is 5.02 Å². The fourth-order valence-electron chi connectivity index (χ4n) is 2.77. The third-order valence-corrected chi connectivity index (χ3v) is 5.33. The molecular formula is C21H17ClN4S. The Morgan fingerprint density at radius 2 is 1.63 bits per heavy atom. The molecule has 0 bridgehead atoms. The molecule has 0 spiro atoms. The van der Waals surface area contributed by atoms with Gasteiger partial charge in [-0.15, -0.1) is 10.2 Å². The van der Waals surface area contributed by atoms with Gasteiger partial charge in [0.15, 0.2) is 5.16 Å². The van der Waals surface area contributed by atoms with Crippen LogP contribution in [0.15, 0.2) is 84.3 Å². The summed E-state index contributed by atoms with van der Waals surface area (Å²) in [6, 6.07) is 22.1. The molecular weight excluding hydrogens is 376 g/mol. The number of benzene rings is 2. The van der Waals surface area contributed by atoms with Crippen molar-refractivity contribution < 1.29 is 0 Å². The molecule has 0 saturated carbocycles. The average Bonchev–Trinajstić information content (AvgIpc) is 3.11. The molecule has 2 aromatic carbocycles. The van der Waals surface area contributed by atoms with E-state index in [1.807, 2.05) is 54.7 Å². The van der Waals surface area contributed by atoms with Crippen molar-refractivity contribution in [1.82, 2.24) is 19.7 Å². The molecule has 0 N–H and O–H groups in total. The van der Waals surface area contributed by atoms with Crippen molar-refractivity contribution in [3.8, 4) is 5.69 Å². The molecule has 0 saturated heterocycles. The van der Waals surface area contributed by atoms with Crippen LogP contribution in [0.4, 0.5) is 0 Å². The number of pyridine rings is 1. The number of hydrogen-bond donors (Lipinski definition) is 0. The van der Waals surface area contributed by atoms with E-state index in [0.29, 0.717) is 11.4 Å². The largest absolute Gasteiger partial charge is 0.274 e. The lowest BCUT2D eigenvalue weighted by Crippen LogP contribution is -2.03. The topological polar surface area (TPSA) is 43.6 Å². The SMILES string of the molecule is Clc1ccc(-n2c(Cc3ccccc3)nnc2SCc2cccnc2)cc1. The van der Waals surface area contributed by atoms with Gasteiger partial charge >= 0.3 is 0 Å². The Morgan fingerprint density at radius 3 is 2.37 bits per heavy atom. The van der Waals surface area contributed by atoms with Crippen LogP contribution < -0.4 is 0 Å². The monoisotopic (exact) mass is 392 g/mol. The Bertz CT molecular complexity index is 1000. The van der Waals surface area contributed by atoms with Gasteiger partial charge in [-0.2, -0.15) is 0 Å². The smallest absolute Gasteiger partial charge is 0.196 e. The molecule has 4 rings (SSSR count). The zero-order chi connectivity index (χ0) is 18.5. The van der Waals surface area contributed by atoms with Crippen LogP contribution in [0.1, 0.15) is 17.0 Å². The van der Waals surface area contributed by atoms with Crippen LogP contribution in [0.25, 0.3) is 5.69 Å². The first-order chi connectivity index (χ1) is 13.3. The maximum atomic E-state index is 6.07. The summed E-state index contributed by atoms with van der Waals surface area (Å²) >= 11 is 7.72. The molecule has 4 nitrogen and oxygen atoms in total. The summed E-state index contributed by atoms with van der Waals surface area (Å²) < 4.78 is 2.10. The van der Waals surface area contributed by atoms with E-state index < -0.39 is 0 Å². The molecule has 0 aliphatic carbocycles. The summed E-state index contributed by atoms with van der Waals surface area (Å²) in [6.07, 6.45) is 4.37. The van der Waals surface area contributed by atoms with Crippen molar-refractivity contribution in [3.05, 3.63) is 101 Å². The van der Waals surface area contributed by atoms with Gasteiger partial charge in [-0.1, -0.05) is 59.8 Å². The predicted molar refractivity (Wildman–Crippen MR) is 109 cm³/mol. The molecule has 0 aliphatic heterocycles. The van der Waals surface area contributed by atoms with Gasteiger partial charge in [0.05, 0.1) is 0 Å². The Morgan fingerprint density at radius 1 is 0.852 bits per heavy atom. The molecule has 27 heavy (non-hydrogen) atoms. The summed E-state index contributed by atoms with van der Waals surface area (Å²) in [5, 5.41) is 10.5. The van der Waals surface area contributed by atoms with E-state index in [9.17, 15) is 0 Å². The molecule has 0 radical (unpaired) electrons. The first kappa shape index (κ1) is 17.8. The van der Waals surface area contributed by atoms with Crippen LogP contribution in [-0.2, 0) is 12.2 Å². The van der Waals surface area contributed by atoms with Gasteiger partial charge in [-0.25, -0.2) is 0 Å². The van der Waals surface area contributed by atoms with Gasteiger partial charge < -0.3 is 0 Å². The van der Waals surface area contributed by atoms with Crippen LogP contribution in [0.5, 0.6) is 0 Å². The van der Waals surface area contributed by atoms with E-state index >= 15 is 0 Å². The molecule has 0 unspecified atom stereocenters. The van der Waals surface area contributed by atoms with E-state index in [2.05, 4.69) is 37.9 Å². The molecule has 6 heteroatoms. The molecule has 0 amide bonds. The number of thioether (sulfide) groups is 1. The maximum absolute atomic E-state index is 6.07. The third-order valence-electron chi connectivity index (χ3n) is 4.08. The highest BCUT2D eigenvalue weighted by Gasteiger charge is 2.15. The first-order valence-corrected chi connectivity index (χ1v) is 9.92. The second kappa shape index (κ2) is 8.37. The van der Waals surface area contributed by atoms with Crippen LogP contribution in [0, 0.1) is 0 Å². The lowest BCUT2D eigenvalue weighted by Gasteiger charge is -2.10. The fraction of sp³-hybridized carbons (Fsp3) is 0.0952. The molecule has 0 atom stereocenters. The van der Waals surface area contributed by atoms with E-state index in [-0.39, 0.29) is 0 Å². The maximum Gasteiger partial charge on any atom is 0.196 e. The molecule has 0 aliphatic rings. The Hall–Kier alpha value is -2.63. The van der Waals surface area contributed by atoms with E-state index in [1.54, 1.807) is 18.0 Å². The number of hydrogen-bond acceptors (Lipinski definition) is 4. The number of halogens is 1. The summed E-state index contributed by atoms with van der Waals surface area (Å²) in [6.45, 7) is 0. The summed E-state index contributed by atoms with van der Waals surface area (Å²) in [5.74, 6) is 1.68. The van der Waals surface area contributed by atoms with Crippen LogP contribution in [-0.4, -0.2) is 19.7 Å². The molecule has 134 valence electrons. The molecule has 4 aromatic rings. The minimum Gasteiger partial charge on any atom is -0.274 e. The molecule has 0 fully saturated rings. The van der Waals surface area contributed by atoms with Crippen LogP contribution in [0.3, 0.4) is 0 Å². The Kier molecular flexibility index (Phi) is 5.51. The normalized spacial score (nSPS) is 10.9. The van der Waals surface area contributed by atoms with E-state index in [1.165, 1.54) is 5.56 Å². The van der Waals surface area contributed by atoms with Gasteiger partial charge in [-0.3, -0.25) is 9.55 Å². The fourth-order valence-corrected chi connectivity index (χ4v) is 3.80. The van der Waals surface area contributed by atoms with Gasteiger partial charge in [0.1, 0.15) is 5.82 Å². The minimum absolute atomic E-state index is 0.709. The van der Waals surface area contributed by atoms with E-state index in [0.717, 1.165) is 28.0 Å². The van der Waals surface area contributed by atoms with Crippen molar-refractivity contribution in [3.63, 3.8) is 0 Å². The average molecular weight is 393 g/mol. The number of rotatable bonds is 6. The summed E-state index contributed by atoms with van der Waals surface area (Å²) in [4.78, 5) is 4.18. The third kappa shape index (κ3) is 4.38. The van der Waals surface area contributed by atoms with Gasteiger partial charge in [0.2, 0.25) is 0 Å². The molecule has 2 aromatic heterocycles. The Balaban J connectivity index is 1.66. The number of aromatic nitrogens is 4. The van der Waals surface area contributed by atoms with Crippen molar-refractivity contribution in [1.29, 1.82) is 0 Å². The quantitative estimate of drug-likeness (QED) is 0.423. The predicted octanol–water partition coefficient (Wildman–Crippen LogP) is 5.20. The zero-order valence-corrected chi connectivity index (χ0v) is 16.1. The van der Waals surface area contributed by atoms with Gasteiger partial charge in [0, 0.05) is 35.3 Å². The summed E-state index contributed by atoms with van der Waals surface area (Å²) in [7, 11) is 0. The van der Waals surface area contributed by atoms with Crippen LogP contribution >= 0.6 is 23.4 Å². The number of nitrogens with zero attached hydrogens (tertiary/aromatic N) is 4. The zero-order valence-electron chi connectivity index (χ0n) is 14.5. The summed E-state index contributed by atoms with van der Waals surface area (Å²) in [5.41, 5.74) is 3.35. The van der Waals surface area contributed by atoms with E-state index in [4.69, 9.17) is 11.6 Å². The minimum atomic E-state index is 0.709. The second-order valence-corrected chi connectivity index (χ2v) is 7.40. The second-order valence-electron chi connectivity index (χ2n) is 6.02. The van der Waals surface area contributed by atoms with Crippen molar-refractivity contribution in [2.45, 2.75) is 17.3 Å². The Labute approximate surface area is 167 Å².